The Morgan fingerprint density at radius 3 is 2.73 bits per heavy atom. The number of hydrogen-bond donors (Lipinski definition) is 2. The van der Waals surface area contributed by atoms with E-state index in [9.17, 15) is 4.39 Å². The number of rotatable bonds is 7. The van der Waals surface area contributed by atoms with E-state index in [-0.39, 0.29) is 11.2 Å². The van der Waals surface area contributed by atoms with E-state index in [1.807, 2.05) is 25.1 Å². The highest BCUT2D eigenvalue weighted by Crippen LogP contribution is 2.22. The molecular weight excluding hydrogens is 331 g/mol. The molecule has 0 saturated carbocycles. The number of aromatic nitrogens is 1. The predicted molar refractivity (Wildman–Crippen MR) is 103 cm³/mol. The van der Waals surface area contributed by atoms with E-state index in [1.54, 1.807) is 25.4 Å². The summed E-state index contributed by atoms with van der Waals surface area (Å²) in [7, 11) is 1.72. The maximum absolute atomic E-state index is 13.5. The Balaban J connectivity index is 1.96. The molecule has 0 unspecified atom stereocenters. The van der Waals surface area contributed by atoms with Gasteiger partial charge in [-0.1, -0.05) is 32.0 Å². The first-order valence-electron chi connectivity index (χ1n) is 8.73. The summed E-state index contributed by atoms with van der Waals surface area (Å²) in [6.07, 6.45) is 1.71. The van der Waals surface area contributed by atoms with Gasteiger partial charge in [0, 0.05) is 37.3 Å². The summed E-state index contributed by atoms with van der Waals surface area (Å²) in [5.74, 6) is 1.07. The lowest BCUT2D eigenvalue weighted by atomic mass is 9.84. The van der Waals surface area contributed by atoms with Crippen LogP contribution in [0.25, 0.3) is 0 Å². The fourth-order valence-corrected chi connectivity index (χ4v) is 2.54. The first kappa shape index (κ1) is 19.7. The number of nitrogens with one attached hydrogen (secondary N) is 2. The summed E-state index contributed by atoms with van der Waals surface area (Å²) >= 11 is 0. The van der Waals surface area contributed by atoms with Crippen molar-refractivity contribution in [1.82, 2.24) is 15.6 Å². The highest BCUT2D eigenvalue weighted by molar-refractivity contribution is 5.79. The van der Waals surface area contributed by atoms with Crippen molar-refractivity contribution in [3.63, 3.8) is 0 Å². The van der Waals surface area contributed by atoms with Gasteiger partial charge in [-0.2, -0.15) is 0 Å². The average Bonchev–Trinajstić information content (AvgIpc) is 2.63. The van der Waals surface area contributed by atoms with E-state index in [2.05, 4.69) is 34.5 Å². The molecule has 0 saturated heterocycles. The predicted octanol–water partition coefficient (Wildman–Crippen LogP) is 3.26. The zero-order valence-corrected chi connectivity index (χ0v) is 15.8. The van der Waals surface area contributed by atoms with Gasteiger partial charge in [0.1, 0.15) is 5.82 Å². The summed E-state index contributed by atoms with van der Waals surface area (Å²) in [5.41, 5.74) is 1.65. The molecule has 0 radical (unpaired) electrons. The molecule has 1 aromatic carbocycles. The standard InChI is InChI=1S/C20H27FN4O/c1-5-26-18-15(8-7-11-23-18)13-24-19(22-4)25-14-20(2,3)16-9-6-10-17(21)12-16/h6-12H,5,13-14H2,1-4H3,(H2,22,24,25). The lowest BCUT2D eigenvalue weighted by Gasteiger charge is -2.27. The van der Waals surface area contributed by atoms with Crippen molar-refractivity contribution in [2.45, 2.75) is 32.7 Å². The third-order valence-corrected chi connectivity index (χ3v) is 4.10. The molecule has 0 aliphatic carbocycles. The summed E-state index contributed by atoms with van der Waals surface area (Å²) < 4.78 is 19.0. The number of ether oxygens (including phenoxy) is 1. The molecule has 0 spiro atoms. The van der Waals surface area contributed by atoms with E-state index < -0.39 is 0 Å². The van der Waals surface area contributed by atoms with Crippen LogP contribution in [0.3, 0.4) is 0 Å². The van der Waals surface area contributed by atoms with E-state index in [1.165, 1.54) is 6.07 Å². The van der Waals surface area contributed by atoms with Crippen molar-refractivity contribution < 1.29 is 9.13 Å². The van der Waals surface area contributed by atoms with Crippen LogP contribution in [0.2, 0.25) is 0 Å². The van der Waals surface area contributed by atoms with Crippen LogP contribution in [0.5, 0.6) is 5.88 Å². The average molecular weight is 358 g/mol. The van der Waals surface area contributed by atoms with Gasteiger partial charge >= 0.3 is 0 Å². The Kier molecular flexibility index (Phi) is 6.95. The van der Waals surface area contributed by atoms with Crippen LogP contribution in [-0.4, -0.2) is 31.1 Å². The third kappa shape index (κ3) is 5.44. The molecule has 1 heterocycles. The normalized spacial score (nSPS) is 12.0. The lowest BCUT2D eigenvalue weighted by Crippen LogP contribution is -2.43. The number of halogens is 1. The topological polar surface area (TPSA) is 58.5 Å². The van der Waals surface area contributed by atoms with Gasteiger partial charge in [-0.25, -0.2) is 9.37 Å². The Morgan fingerprint density at radius 1 is 1.23 bits per heavy atom. The molecule has 0 aliphatic rings. The van der Waals surface area contributed by atoms with Crippen molar-refractivity contribution >= 4 is 5.96 Å². The minimum Gasteiger partial charge on any atom is -0.478 e. The van der Waals surface area contributed by atoms with Crippen LogP contribution < -0.4 is 15.4 Å². The van der Waals surface area contributed by atoms with Crippen LogP contribution in [0.1, 0.15) is 31.9 Å². The lowest BCUT2D eigenvalue weighted by molar-refractivity contribution is 0.322. The summed E-state index contributed by atoms with van der Waals surface area (Å²) in [4.78, 5) is 8.50. The molecule has 0 aliphatic heterocycles. The van der Waals surface area contributed by atoms with E-state index >= 15 is 0 Å². The molecular formula is C20H27FN4O. The van der Waals surface area contributed by atoms with Crippen LogP contribution in [-0.2, 0) is 12.0 Å². The monoisotopic (exact) mass is 358 g/mol. The molecule has 140 valence electrons. The maximum Gasteiger partial charge on any atom is 0.218 e. The summed E-state index contributed by atoms with van der Waals surface area (Å²) in [6.45, 7) is 7.79. The second kappa shape index (κ2) is 9.17. The molecule has 0 bridgehead atoms. The van der Waals surface area contributed by atoms with Crippen LogP contribution in [0, 0.1) is 5.82 Å². The van der Waals surface area contributed by atoms with Gasteiger partial charge in [0.25, 0.3) is 0 Å². The van der Waals surface area contributed by atoms with Crippen molar-refractivity contribution in [1.29, 1.82) is 0 Å². The van der Waals surface area contributed by atoms with Crippen molar-refractivity contribution in [2.24, 2.45) is 4.99 Å². The summed E-state index contributed by atoms with van der Waals surface area (Å²) in [5, 5.41) is 6.57. The number of hydrogen-bond acceptors (Lipinski definition) is 3. The van der Waals surface area contributed by atoms with Crippen molar-refractivity contribution in [3.8, 4) is 5.88 Å². The number of nitrogens with zero attached hydrogens (tertiary/aromatic N) is 2. The quantitative estimate of drug-likeness (QED) is 0.589. The first-order valence-corrected chi connectivity index (χ1v) is 8.73. The fraction of sp³-hybridized carbons (Fsp3) is 0.400. The highest BCUT2D eigenvalue weighted by Gasteiger charge is 2.21. The fourth-order valence-electron chi connectivity index (χ4n) is 2.54. The molecule has 0 atom stereocenters. The number of guanidine groups is 1. The maximum atomic E-state index is 13.5. The second-order valence-corrected chi connectivity index (χ2v) is 6.57. The Labute approximate surface area is 154 Å². The smallest absolute Gasteiger partial charge is 0.218 e. The molecule has 26 heavy (non-hydrogen) atoms. The molecule has 0 fully saturated rings. The second-order valence-electron chi connectivity index (χ2n) is 6.57. The van der Waals surface area contributed by atoms with Crippen LogP contribution in [0.15, 0.2) is 47.6 Å². The molecule has 0 amide bonds. The summed E-state index contributed by atoms with van der Waals surface area (Å²) in [6, 6.07) is 10.5. The third-order valence-electron chi connectivity index (χ3n) is 4.10. The molecule has 2 rings (SSSR count). The van der Waals surface area contributed by atoms with E-state index in [0.29, 0.717) is 31.5 Å². The van der Waals surface area contributed by atoms with Crippen LogP contribution >= 0.6 is 0 Å². The van der Waals surface area contributed by atoms with Gasteiger partial charge in [0.05, 0.1) is 6.61 Å². The van der Waals surface area contributed by atoms with Gasteiger partial charge in [0.2, 0.25) is 5.88 Å². The van der Waals surface area contributed by atoms with Crippen molar-refractivity contribution in [3.05, 3.63) is 59.5 Å². The van der Waals surface area contributed by atoms with Crippen LogP contribution in [0.4, 0.5) is 4.39 Å². The minimum atomic E-state index is -0.246. The van der Waals surface area contributed by atoms with Crippen molar-refractivity contribution in [2.75, 3.05) is 20.2 Å². The first-order chi connectivity index (χ1) is 12.5. The van der Waals surface area contributed by atoms with E-state index in [4.69, 9.17) is 4.74 Å². The minimum absolute atomic E-state index is 0.224. The molecule has 2 aromatic rings. The van der Waals surface area contributed by atoms with Gasteiger partial charge in [-0.3, -0.25) is 4.99 Å². The molecule has 5 nitrogen and oxygen atoms in total. The molecule has 2 N–H and O–H groups in total. The zero-order chi connectivity index (χ0) is 19.0. The number of aliphatic imine (C=N–C) groups is 1. The largest absolute Gasteiger partial charge is 0.478 e. The highest BCUT2D eigenvalue weighted by atomic mass is 19.1. The number of benzene rings is 1. The van der Waals surface area contributed by atoms with E-state index in [0.717, 1.165) is 11.1 Å². The van der Waals surface area contributed by atoms with Gasteiger partial charge in [0.15, 0.2) is 5.96 Å². The molecule has 6 heteroatoms. The SMILES string of the molecule is CCOc1ncccc1CNC(=NC)NCC(C)(C)c1cccc(F)c1. The Bertz CT molecular complexity index is 746. The Morgan fingerprint density at radius 2 is 2.04 bits per heavy atom. The van der Waals surface area contributed by atoms with Gasteiger partial charge < -0.3 is 15.4 Å². The van der Waals surface area contributed by atoms with Gasteiger partial charge in [-0.15, -0.1) is 0 Å². The van der Waals surface area contributed by atoms with Gasteiger partial charge in [-0.05, 0) is 30.7 Å². The Hall–Kier alpha value is -2.63. The molecule has 1 aromatic heterocycles. The number of pyridine rings is 1. The zero-order valence-electron chi connectivity index (χ0n) is 15.8.